The molecule has 0 saturated carbocycles. The zero-order chi connectivity index (χ0) is 9.78. The van der Waals surface area contributed by atoms with Gasteiger partial charge in [0, 0.05) is 12.0 Å². The Kier molecular flexibility index (Phi) is 3.56. The van der Waals surface area contributed by atoms with E-state index in [0.29, 0.717) is 0 Å². The molecule has 0 aromatic heterocycles. The molecule has 0 saturated heterocycles. The molecule has 0 amide bonds. The third kappa shape index (κ3) is 2.43. The van der Waals surface area contributed by atoms with E-state index in [2.05, 4.69) is 12.5 Å². The lowest BCUT2D eigenvalue weighted by Gasteiger charge is -2.27. The Bertz CT molecular complexity index is 222. The van der Waals surface area contributed by atoms with Crippen molar-refractivity contribution in [2.75, 3.05) is 0 Å². The molecule has 0 aromatic carbocycles. The molecule has 1 atom stereocenters. The first-order chi connectivity index (χ1) is 5.46. The van der Waals surface area contributed by atoms with E-state index < -0.39 is 11.6 Å². The lowest BCUT2D eigenvalue weighted by atomic mass is 9.93. The Morgan fingerprint density at radius 1 is 1.75 bits per heavy atom. The highest BCUT2D eigenvalue weighted by Gasteiger charge is 2.29. The van der Waals surface area contributed by atoms with Crippen molar-refractivity contribution >= 4 is 5.97 Å². The van der Waals surface area contributed by atoms with Gasteiger partial charge in [0.25, 0.3) is 0 Å². The summed E-state index contributed by atoms with van der Waals surface area (Å²) in [6.07, 6.45) is 6.36. The number of hydrogen-bond acceptors (Lipinski definition) is 2. The largest absolute Gasteiger partial charge is 0.443 e. The van der Waals surface area contributed by atoms with Gasteiger partial charge in [0.15, 0.2) is 5.60 Å². The summed E-state index contributed by atoms with van der Waals surface area (Å²) in [6.45, 7) is 8.80. The molecule has 66 valence electrons. The molecule has 0 radical (unpaired) electrons. The minimum atomic E-state index is -0.828. The first kappa shape index (κ1) is 10.8. The summed E-state index contributed by atoms with van der Waals surface area (Å²) in [7, 11) is 0. The molecular formula is C10H14O2. The third-order valence-corrected chi connectivity index (χ3v) is 1.87. The van der Waals surface area contributed by atoms with Crippen molar-refractivity contribution in [2.45, 2.75) is 26.4 Å². The van der Waals surface area contributed by atoms with Crippen molar-refractivity contribution in [3.05, 3.63) is 12.7 Å². The van der Waals surface area contributed by atoms with Gasteiger partial charge in [-0.25, -0.2) is 4.79 Å². The average Bonchev–Trinajstić information content (AvgIpc) is 2.03. The number of carbonyl (C=O) groups is 1. The van der Waals surface area contributed by atoms with Crippen LogP contribution >= 0.6 is 0 Å². The summed E-state index contributed by atoms with van der Waals surface area (Å²) in [5.74, 6) is 2.06. The molecular weight excluding hydrogens is 152 g/mol. The molecule has 0 aromatic rings. The summed E-state index contributed by atoms with van der Waals surface area (Å²) in [5, 5.41) is 0. The number of esters is 1. The molecule has 0 rings (SSSR count). The maximum Gasteiger partial charge on any atom is 0.331 e. The van der Waals surface area contributed by atoms with Crippen molar-refractivity contribution in [2.24, 2.45) is 5.92 Å². The summed E-state index contributed by atoms with van der Waals surface area (Å²) in [4.78, 5) is 10.9. The molecule has 0 aliphatic rings. The molecule has 0 bridgehead atoms. The predicted octanol–water partition coefficient (Wildman–Crippen LogP) is 1.76. The van der Waals surface area contributed by atoms with Gasteiger partial charge in [-0.3, -0.25) is 0 Å². The van der Waals surface area contributed by atoms with E-state index in [1.54, 1.807) is 6.92 Å². The van der Waals surface area contributed by atoms with Crippen molar-refractivity contribution in [1.29, 1.82) is 0 Å². The summed E-state index contributed by atoms with van der Waals surface area (Å²) in [5.41, 5.74) is -0.828. The van der Waals surface area contributed by atoms with Crippen LogP contribution in [0.3, 0.4) is 0 Å². The van der Waals surface area contributed by atoms with Crippen molar-refractivity contribution in [1.82, 2.24) is 0 Å². The third-order valence-electron chi connectivity index (χ3n) is 1.87. The van der Waals surface area contributed by atoms with Gasteiger partial charge in [0.05, 0.1) is 0 Å². The fourth-order valence-corrected chi connectivity index (χ4v) is 0.565. The van der Waals surface area contributed by atoms with Crippen LogP contribution in [-0.4, -0.2) is 11.6 Å². The van der Waals surface area contributed by atoms with Gasteiger partial charge >= 0.3 is 5.97 Å². The normalized spacial score (nSPS) is 14.6. The Morgan fingerprint density at radius 2 is 2.25 bits per heavy atom. The van der Waals surface area contributed by atoms with Crippen LogP contribution in [0, 0.1) is 18.3 Å². The van der Waals surface area contributed by atoms with E-state index in [1.807, 2.05) is 13.8 Å². The Balaban J connectivity index is 4.47. The Labute approximate surface area is 73.6 Å². The van der Waals surface area contributed by atoms with Crippen LogP contribution in [0.25, 0.3) is 0 Å². The van der Waals surface area contributed by atoms with Gasteiger partial charge in [-0.15, -0.1) is 6.42 Å². The van der Waals surface area contributed by atoms with Crippen molar-refractivity contribution < 1.29 is 9.53 Å². The first-order valence-electron chi connectivity index (χ1n) is 3.79. The SMILES string of the molecule is C#CC(C)(OC(=O)C=C)C(C)C. The number of ether oxygens (including phenoxy) is 1. The molecule has 0 N–H and O–H groups in total. The van der Waals surface area contributed by atoms with Crippen LogP contribution in [0.1, 0.15) is 20.8 Å². The lowest BCUT2D eigenvalue weighted by molar-refractivity contribution is -0.149. The van der Waals surface area contributed by atoms with Crippen LogP contribution in [0.15, 0.2) is 12.7 Å². The monoisotopic (exact) mass is 166 g/mol. The van der Waals surface area contributed by atoms with Crippen molar-refractivity contribution in [3.63, 3.8) is 0 Å². The topological polar surface area (TPSA) is 26.3 Å². The maximum absolute atomic E-state index is 10.9. The molecule has 0 aliphatic heterocycles. The standard InChI is InChI=1S/C10H14O2/c1-6-9(11)12-10(5,7-2)8(3)4/h2,6,8H,1H2,3-5H3. The van der Waals surface area contributed by atoms with E-state index >= 15 is 0 Å². The van der Waals surface area contributed by atoms with Gasteiger partial charge < -0.3 is 4.74 Å². The molecule has 12 heavy (non-hydrogen) atoms. The van der Waals surface area contributed by atoms with E-state index in [9.17, 15) is 4.79 Å². The average molecular weight is 166 g/mol. The summed E-state index contributed by atoms with van der Waals surface area (Å²) < 4.78 is 5.00. The second-order valence-corrected chi connectivity index (χ2v) is 3.03. The zero-order valence-electron chi connectivity index (χ0n) is 7.76. The number of hydrogen-bond donors (Lipinski definition) is 0. The molecule has 0 fully saturated rings. The highest BCUT2D eigenvalue weighted by atomic mass is 16.6. The van der Waals surface area contributed by atoms with Crippen LogP contribution < -0.4 is 0 Å². The van der Waals surface area contributed by atoms with E-state index in [0.717, 1.165) is 6.08 Å². The first-order valence-corrected chi connectivity index (χ1v) is 3.79. The molecule has 0 aliphatic carbocycles. The fraction of sp³-hybridized carbons (Fsp3) is 0.500. The Hall–Kier alpha value is -1.23. The number of rotatable bonds is 3. The number of carbonyl (C=O) groups excluding carboxylic acids is 1. The van der Waals surface area contributed by atoms with Crippen LogP contribution in [0.5, 0.6) is 0 Å². The zero-order valence-corrected chi connectivity index (χ0v) is 7.76. The second kappa shape index (κ2) is 3.96. The van der Waals surface area contributed by atoms with Crippen LogP contribution in [0.2, 0.25) is 0 Å². The summed E-state index contributed by atoms with van der Waals surface area (Å²) >= 11 is 0. The maximum atomic E-state index is 10.9. The smallest absolute Gasteiger partial charge is 0.331 e. The number of terminal acetylenes is 1. The lowest BCUT2D eigenvalue weighted by Crippen LogP contribution is -2.34. The molecule has 1 unspecified atom stereocenters. The molecule has 0 spiro atoms. The Morgan fingerprint density at radius 3 is 2.50 bits per heavy atom. The fourth-order valence-electron chi connectivity index (χ4n) is 0.565. The van der Waals surface area contributed by atoms with Gasteiger partial charge in [-0.05, 0) is 6.92 Å². The summed E-state index contributed by atoms with van der Waals surface area (Å²) in [6, 6.07) is 0. The quantitative estimate of drug-likeness (QED) is 0.363. The van der Waals surface area contributed by atoms with E-state index in [-0.39, 0.29) is 5.92 Å². The van der Waals surface area contributed by atoms with Crippen LogP contribution in [0.4, 0.5) is 0 Å². The van der Waals surface area contributed by atoms with Gasteiger partial charge in [0.2, 0.25) is 0 Å². The van der Waals surface area contributed by atoms with Crippen LogP contribution in [-0.2, 0) is 9.53 Å². The highest BCUT2D eigenvalue weighted by molar-refractivity contribution is 5.81. The minimum absolute atomic E-state index is 0.0893. The second-order valence-electron chi connectivity index (χ2n) is 3.03. The van der Waals surface area contributed by atoms with E-state index in [1.165, 1.54) is 0 Å². The van der Waals surface area contributed by atoms with Gasteiger partial charge in [0.1, 0.15) is 0 Å². The highest BCUT2D eigenvalue weighted by Crippen LogP contribution is 2.20. The van der Waals surface area contributed by atoms with Gasteiger partial charge in [-0.2, -0.15) is 0 Å². The van der Waals surface area contributed by atoms with E-state index in [4.69, 9.17) is 11.2 Å². The molecule has 0 heterocycles. The predicted molar refractivity (Wildman–Crippen MR) is 48.4 cm³/mol. The molecule has 2 nitrogen and oxygen atoms in total. The van der Waals surface area contributed by atoms with Crippen molar-refractivity contribution in [3.8, 4) is 12.3 Å². The minimum Gasteiger partial charge on any atom is -0.443 e. The van der Waals surface area contributed by atoms with Gasteiger partial charge in [-0.1, -0.05) is 26.3 Å². The molecule has 2 heteroatoms.